The van der Waals surface area contributed by atoms with Crippen molar-refractivity contribution >= 4 is 26.7 Å². The van der Waals surface area contributed by atoms with E-state index in [0.717, 1.165) is 36.6 Å². The van der Waals surface area contributed by atoms with Gasteiger partial charge in [-0.2, -0.15) is 0 Å². The number of halogens is 1. The van der Waals surface area contributed by atoms with Gasteiger partial charge in [0, 0.05) is 13.1 Å². The van der Waals surface area contributed by atoms with E-state index in [1.165, 1.54) is 4.70 Å². The molecule has 1 saturated heterocycles. The van der Waals surface area contributed by atoms with Crippen LogP contribution in [0.4, 0.5) is 9.52 Å². The molecule has 0 atom stereocenters. The Balaban J connectivity index is 1.80. The van der Waals surface area contributed by atoms with Crippen LogP contribution in [0.25, 0.3) is 10.2 Å². The van der Waals surface area contributed by atoms with Crippen molar-refractivity contribution in [1.82, 2.24) is 4.98 Å². The van der Waals surface area contributed by atoms with Gasteiger partial charge < -0.3 is 4.90 Å². The number of aromatic nitrogens is 1. The summed E-state index contributed by atoms with van der Waals surface area (Å²) in [6.07, 6.45) is 1.90. The molecule has 2 aromatic rings. The molecule has 1 aliphatic heterocycles. The molecule has 17 heavy (non-hydrogen) atoms. The van der Waals surface area contributed by atoms with E-state index in [1.807, 2.05) is 18.2 Å². The molecule has 0 radical (unpaired) electrons. The minimum absolute atomic E-state index is 0.173. The van der Waals surface area contributed by atoms with Crippen molar-refractivity contribution in [2.24, 2.45) is 5.92 Å². The lowest BCUT2D eigenvalue weighted by atomic mass is 9.99. The fourth-order valence-electron chi connectivity index (χ4n) is 2.27. The van der Waals surface area contributed by atoms with Crippen molar-refractivity contribution in [3.63, 3.8) is 0 Å². The second-order valence-corrected chi connectivity index (χ2v) is 5.56. The maximum atomic E-state index is 12.5. The fraction of sp³-hybridized carbons (Fsp3) is 0.462. The van der Waals surface area contributed by atoms with Crippen molar-refractivity contribution in [3.05, 3.63) is 24.3 Å². The number of thiazole rings is 1. The van der Waals surface area contributed by atoms with Crippen LogP contribution in [0.1, 0.15) is 12.8 Å². The topological polar surface area (TPSA) is 16.1 Å². The first-order chi connectivity index (χ1) is 8.36. The maximum Gasteiger partial charge on any atom is 0.186 e. The second kappa shape index (κ2) is 4.61. The number of nitrogens with zero attached hydrogens (tertiary/aromatic N) is 2. The van der Waals surface area contributed by atoms with Crippen LogP contribution in [-0.4, -0.2) is 24.7 Å². The minimum Gasteiger partial charge on any atom is -0.348 e. The number of fused-ring (bicyclic) bond motifs is 1. The Morgan fingerprint density at radius 1 is 1.29 bits per heavy atom. The van der Waals surface area contributed by atoms with E-state index in [0.29, 0.717) is 0 Å². The molecular weight excluding hydrogens is 235 g/mol. The third kappa shape index (κ3) is 2.14. The van der Waals surface area contributed by atoms with Gasteiger partial charge in [-0.1, -0.05) is 23.5 Å². The molecule has 0 amide bonds. The lowest BCUT2D eigenvalue weighted by Gasteiger charge is -2.30. The molecule has 4 heteroatoms. The van der Waals surface area contributed by atoms with Gasteiger partial charge in [0.2, 0.25) is 0 Å². The summed E-state index contributed by atoms with van der Waals surface area (Å²) >= 11 is 1.73. The van der Waals surface area contributed by atoms with Crippen LogP contribution >= 0.6 is 11.3 Å². The van der Waals surface area contributed by atoms with E-state index in [1.54, 1.807) is 11.3 Å². The number of hydrogen-bond donors (Lipinski definition) is 0. The van der Waals surface area contributed by atoms with E-state index < -0.39 is 0 Å². The SMILES string of the molecule is FCC1CCN(c2nc3ccccc3s2)CC1. The van der Waals surface area contributed by atoms with Crippen molar-refractivity contribution < 1.29 is 4.39 Å². The predicted molar refractivity (Wildman–Crippen MR) is 70.5 cm³/mol. The Morgan fingerprint density at radius 3 is 2.76 bits per heavy atom. The Kier molecular flexibility index (Phi) is 2.97. The number of anilines is 1. The van der Waals surface area contributed by atoms with Gasteiger partial charge in [0.05, 0.1) is 16.9 Å². The van der Waals surface area contributed by atoms with Crippen LogP contribution < -0.4 is 4.90 Å². The summed E-state index contributed by atoms with van der Waals surface area (Å²) in [6, 6.07) is 8.20. The van der Waals surface area contributed by atoms with Crippen molar-refractivity contribution in [3.8, 4) is 0 Å². The van der Waals surface area contributed by atoms with Crippen molar-refractivity contribution in [2.45, 2.75) is 12.8 Å². The number of hydrogen-bond acceptors (Lipinski definition) is 3. The van der Waals surface area contributed by atoms with Gasteiger partial charge in [-0.3, -0.25) is 4.39 Å². The van der Waals surface area contributed by atoms with Gasteiger partial charge in [0.15, 0.2) is 5.13 Å². The van der Waals surface area contributed by atoms with E-state index in [2.05, 4.69) is 16.0 Å². The fourth-order valence-corrected chi connectivity index (χ4v) is 3.29. The van der Waals surface area contributed by atoms with Gasteiger partial charge in [-0.25, -0.2) is 4.98 Å². The number of para-hydroxylation sites is 1. The molecule has 0 bridgehead atoms. The van der Waals surface area contributed by atoms with E-state index in [-0.39, 0.29) is 12.6 Å². The molecule has 0 spiro atoms. The molecule has 1 aliphatic rings. The predicted octanol–water partition coefficient (Wildman–Crippen LogP) is 3.48. The summed E-state index contributed by atoms with van der Waals surface area (Å²) in [7, 11) is 0. The molecule has 1 aromatic carbocycles. The van der Waals surface area contributed by atoms with Crippen LogP contribution in [0.3, 0.4) is 0 Å². The summed E-state index contributed by atoms with van der Waals surface area (Å²) in [5, 5.41) is 1.09. The zero-order valence-electron chi connectivity index (χ0n) is 9.60. The third-order valence-electron chi connectivity index (χ3n) is 3.39. The molecule has 0 aliphatic carbocycles. The monoisotopic (exact) mass is 250 g/mol. The first-order valence-corrected chi connectivity index (χ1v) is 6.85. The molecule has 0 N–H and O–H groups in total. The maximum absolute atomic E-state index is 12.5. The molecule has 90 valence electrons. The summed E-state index contributed by atoms with van der Waals surface area (Å²) in [6.45, 7) is 1.70. The molecule has 3 rings (SSSR count). The Labute approximate surface area is 104 Å². The van der Waals surface area contributed by atoms with Gasteiger partial charge >= 0.3 is 0 Å². The summed E-state index contributed by atoms with van der Waals surface area (Å²) in [4.78, 5) is 6.93. The molecular formula is C13H15FN2S. The first kappa shape index (κ1) is 11.0. The average Bonchev–Trinajstić information content (AvgIpc) is 2.82. The standard InChI is InChI=1S/C13H15FN2S/c14-9-10-5-7-16(8-6-10)13-15-11-3-1-2-4-12(11)17-13/h1-4,10H,5-9H2. The smallest absolute Gasteiger partial charge is 0.186 e. The van der Waals surface area contributed by atoms with Crippen molar-refractivity contribution in [1.29, 1.82) is 0 Å². The molecule has 2 heterocycles. The van der Waals surface area contributed by atoms with Gasteiger partial charge in [-0.05, 0) is 30.9 Å². The van der Waals surface area contributed by atoms with Crippen LogP contribution in [0.15, 0.2) is 24.3 Å². The van der Waals surface area contributed by atoms with E-state index in [9.17, 15) is 4.39 Å². The normalized spacial score (nSPS) is 17.8. The van der Waals surface area contributed by atoms with E-state index >= 15 is 0 Å². The highest BCUT2D eigenvalue weighted by Crippen LogP contribution is 2.31. The van der Waals surface area contributed by atoms with Gasteiger partial charge in [0.25, 0.3) is 0 Å². The van der Waals surface area contributed by atoms with Crippen molar-refractivity contribution in [2.75, 3.05) is 24.7 Å². The highest BCUT2D eigenvalue weighted by molar-refractivity contribution is 7.22. The number of piperidine rings is 1. The van der Waals surface area contributed by atoms with Gasteiger partial charge in [-0.15, -0.1) is 0 Å². The first-order valence-electron chi connectivity index (χ1n) is 6.03. The molecule has 1 fully saturated rings. The summed E-state index contributed by atoms with van der Waals surface area (Å²) in [5.41, 5.74) is 1.07. The molecule has 0 saturated carbocycles. The van der Waals surface area contributed by atoms with Gasteiger partial charge in [0.1, 0.15) is 0 Å². The lowest BCUT2D eigenvalue weighted by Crippen LogP contribution is -2.34. The van der Waals surface area contributed by atoms with Crippen LogP contribution in [0, 0.1) is 5.92 Å². The number of benzene rings is 1. The molecule has 0 unspecified atom stereocenters. The summed E-state index contributed by atoms with van der Waals surface area (Å²) < 4.78 is 13.8. The Bertz CT molecular complexity index is 470. The van der Waals surface area contributed by atoms with Crippen LogP contribution in [0.5, 0.6) is 0 Å². The zero-order chi connectivity index (χ0) is 11.7. The Morgan fingerprint density at radius 2 is 2.06 bits per heavy atom. The summed E-state index contributed by atoms with van der Waals surface area (Å²) in [5.74, 6) is 0.264. The number of alkyl halides is 1. The third-order valence-corrected chi connectivity index (χ3v) is 4.48. The minimum atomic E-state index is -0.173. The van der Waals surface area contributed by atoms with E-state index in [4.69, 9.17) is 0 Å². The Hall–Kier alpha value is -1.16. The van der Waals surface area contributed by atoms with Crippen LogP contribution in [0.2, 0.25) is 0 Å². The highest BCUT2D eigenvalue weighted by Gasteiger charge is 2.21. The molecule has 1 aromatic heterocycles. The molecule has 2 nitrogen and oxygen atoms in total. The highest BCUT2D eigenvalue weighted by atomic mass is 32.1. The zero-order valence-corrected chi connectivity index (χ0v) is 10.4. The second-order valence-electron chi connectivity index (χ2n) is 4.55. The van der Waals surface area contributed by atoms with Crippen LogP contribution in [-0.2, 0) is 0 Å². The largest absolute Gasteiger partial charge is 0.348 e. The number of rotatable bonds is 2. The average molecular weight is 250 g/mol. The lowest BCUT2D eigenvalue weighted by molar-refractivity contribution is 0.307. The quantitative estimate of drug-likeness (QED) is 0.811.